The number of thiophene rings is 1. The molecule has 300 valence electrons. The van der Waals surface area contributed by atoms with Crippen LogP contribution in [0.3, 0.4) is 0 Å². The molecule has 12 rings (SSSR count). The first kappa shape index (κ1) is 21.3. The standard InChI is InChI=1S/C56H51BN2OS/c1-53(2,3)32-23-26-34(27-24-32)58-43-28-25-33(54(4,5)6)29-41(43)57-48-44(58)30-35(31-45(48)60-50-47-51(61-52(50)57)37-18-12-15-21-40(37)56(47,9)10)59-42-22-16-13-19-38(42)46-49(59)36-17-11-14-20-39(36)55(46,7)8/h11-31H,1-10H3/i11D,12D,13D,14D,15D,16D,17D,18D,19D,20D,21D,22D,23D,24D,25D,26D,27D,28D,29D,30D,31D. The van der Waals surface area contributed by atoms with Crippen molar-refractivity contribution in [1.82, 2.24) is 4.57 Å². The van der Waals surface area contributed by atoms with Crippen molar-refractivity contribution >= 4 is 61.7 Å². The van der Waals surface area contributed by atoms with Crippen LogP contribution in [0.4, 0.5) is 17.1 Å². The largest absolute Gasteiger partial charge is 0.457 e. The van der Waals surface area contributed by atoms with Gasteiger partial charge in [0.15, 0.2) is 0 Å². The summed E-state index contributed by atoms with van der Waals surface area (Å²) in [5, 5.41) is -0.124. The molecule has 4 heterocycles. The van der Waals surface area contributed by atoms with Crippen molar-refractivity contribution < 1.29 is 33.5 Å². The van der Waals surface area contributed by atoms with Gasteiger partial charge in [0, 0.05) is 60.1 Å². The number of rotatable bonds is 2. The van der Waals surface area contributed by atoms with Crippen LogP contribution in [0.2, 0.25) is 0 Å². The Morgan fingerprint density at radius 1 is 0.623 bits per heavy atom. The first-order valence-electron chi connectivity index (χ1n) is 30.8. The van der Waals surface area contributed by atoms with Gasteiger partial charge in [0.05, 0.1) is 45.7 Å². The molecular weight excluding hydrogens is 760 g/mol. The molecule has 0 spiro atoms. The molecule has 0 fully saturated rings. The molecule has 0 bridgehead atoms. The van der Waals surface area contributed by atoms with E-state index in [0.717, 1.165) is 16.2 Å². The minimum absolute atomic E-state index is 0.00791. The molecule has 0 radical (unpaired) electrons. The third kappa shape index (κ3) is 4.87. The van der Waals surface area contributed by atoms with Gasteiger partial charge in [0.2, 0.25) is 0 Å². The first-order valence-corrected chi connectivity index (χ1v) is 21.1. The van der Waals surface area contributed by atoms with Gasteiger partial charge in [-0.25, -0.2) is 0 Å². The Morgan fingerprint density at radius 3 is 1.97 bits per heavy atom. The molecule has 0 unspecified atom stereocenters. The van der Waals surface area contributed by atoms with Gasteiger partial charge in [0.1, 0.15) is 11.5 Å². The van der Waals surface area contributed by atoms with E-state index >= 15 is 0 Å². The fourth-order valence-corrected chi connectivity index (χ4v) is 11.2. The Kier molecular flexibility index (Phi) is 4.19. The monoisotopic (exact) mass is 832 g/mol. The number of aromatic nitrogens is 1. The lowest BCUT2D eigenvalue weighted by molar-refractivity contribution is 0.471. The van der Waals surface area contributed by atoms with E-state index in [9.17, 15) is 20.6 Å². The van der Waals surface area contributed by atoms with Crippen LogP contribution in [0.1, 0.15) is 131 Å². The Hall–Kier alpha value is -5.78. The number of para-hydroxylation sites is 1. The van der Waals surface area contributed by atoms with Crippen molar-refractivity contribution in [3.8, 4) is 38.9 Å². The van der Waals surface area contributed by atoms with Crippen LogP contribution in [0.15, 0.2) is 127 Å². The van der Waals surface area contributed by atoms with Crippen LogP contribution in [-0.4, -0.2) is 11.3 Å². The summed E-state index contributed by atoms with van der Waals surface area (Å²) in [6, 6.07) is -11.1. The lowest BCUT2D eigenvalue weighted by Gasteiger charge is -2.41. The number of hydrogen-bond donors (Lipinski definition) is 0. The highest BCUT2D eigenvalue weighted by atomic mass is 32.1. The van der Waals surface area contributed by atoms with Crippen molar-refractivity contribution in [3.63, 3.8) is 0 Å². The van der Waals surface area contributed by atoms with Gasteiger partial charge in [-0.3, -0.25) is 0 Å². The average Bonchev–Trinajstić information content (AvgIpc) is 1.38. The highest BCUT2D eigenvalue weighted by molar-refractivity contribution is 7.31. The van der Waals surface area contributed by atoms with Gasteiger partial charge in [-0.15, -0.1) is 11.3 Å². The molecule has 6 aromatic carbocycles. The molecule has 0 atom stereocenters. The first-order chi connectivity index (χ1) is 37.8. The summed E-state index contributed by atoms with van der Waals surface area (Å²) in [6.07, 6.45) is 0. The topological polar surface area (TPSA) is 17.4 Å². The highest BCUT2D eigenvalue weighted by Crippen LogP contribution is 2.58. The molecule has 61 heavy (non-hydrogen) atoms. The van der Waals surface area contributed by atoms with E-state index in [0.29, 0.717) is 15.2 Å². The minimum Gasteiger partial charge on any atom is -0.457 e. The van der Waals surface area contributed by atoms with Gasteiger partial charge in [-0.05, 0) is 85.3 Å². The zero-order valence-electron chi connectivity index (χ0n) is 56.3. The van der Waals surface area contributed by atoms with E-state index in [4.69, 9.17) is 13.0 Å². The zero-order valence-corrected chi connectivity index (χ0v) is 36.1. The van der Waals surface area contributed by atoms with E-state index in [1.165, 1.54) is 4.57 Å². The van der Waals surface area contributed by atoms with Crippen LogP contribution < -0.4 is 25.3 Å². The summed E-state index contributed by atoms with van der Waals surface area (Å²) in [4.78, 5) is 1.51. The van der Waals surface area contributed by atoms with Gasteiger partial charge in [-0.2, -0.15) is 0 Å². The summed E-state index contributed by atoms with van der Waals surface area (Å²) in [5.74, 6) is -0.273. The maximum atomic E-state index is 10.9. The summed E-state index contributed by atoms with van der Waals surface area (Å²) in [7, 11) is 0. The Balaban J connectivity index is 1.36. The number of anilines is 3. The highest BCUT2D eigenvalue weighted by Gasteiger charge is 2.50. The molecule has 2 aliphatic carbocycles. The predicted molar refractivity (Wildman–Crippen MR) is 260 cm³/mol. The van der Waals surface area contributed by atoms with Crippen LogP contribution in [0, 0.1) is 0 Å². The normalized spacial score (nSPS) is 20.9. The molecular formula is C56H51BN2OS. The molecule has 0 saturated heterocycles. The van der Waals surface area contributed by atoms with E-state index in [1.807, 2.05) is 0 Å². The number of benzene rings is 6. The molecule has 3 nitrogen and oxygen atoms in total. The van der Waals surface area contributed by atoms with Crippen molar-refractivity contribution in [1.29, 1.82) is 0 Å². The van der Waals surface area contributed by atoms with Gasteiger partial charge in [-0.1, -0.05) is 160 Å². The molecule has 2 aliphatic heterocycles. The van der Waals surface area contributed by atoms with Crippen LogP contribution in [-0.2, 0) is 21.7 Å². The minimum atomic E-state index is -1.45. The SMILES string of the molecule is [2H]c1c([2H])c([2H])c2c(c1[2H])-c1sc3c(c1C2(C)C)Oc1c([2H])c(-n2c4c(c5c([2H])c([2H])c([2H])c([2H])c52)C(C)(C)c2c([2H])c([2H])c([2H])c([2H])c2-4)c([2H])c2c1B3c1c([2H])c(C(C)(C)C)c([2H])c([2H])c1N2c1c([2H])c([2H])c(C(C)(C)C)c([2H])c1[2H]. The summed E-state index contributed by atoms with van der Waals surface area (Å²) < 4.78 is 209. The van der Waals surface area contributed by atoms with E-state index in [2.05, 4.69) is 0 Å². The van der Waals surface area contributed by atoms with E-state index in [-0.39, 0.29) is 107 Å². The second kappa shape index (κ2) is 12.0. The Labute approximate surface area is 394 Å². The molecule has 4 aliphatic rings. The smallest absolute Gasteiger partial charge is 0.268 e. The lowest BCUT2D eigenvalue weighted by atomic mass is 9.36. The van der Waals surface area contributed by atoms with Crippen molar-refractivity contribution in [2.75, 3.05) is 4.90 Å². The second-order valence-electron chi connectivity index (χ2n) is 19.3. The maximum absolute atomic E-state index is 10.9. The Morgan fingerprint density at radius 2 is 1.25 bits per heavy atom. The zero-order chi connectivity index (χ0) is 60.4. The van der Waals surface area contributed by atoms with Crippen molar-refractivity contribution in [2.24, 2.45) is 0 Å². The van der Waals surface area contributed by atoms with Crippen molar-refractivity contribution in [3.05, 3.63) is 160 Å². The van der Waals surface area contributed by atoms with E-state index in [1.54, 1.807) is 69.2 Å². The van der Waals surface area contributed by atoms with Crippen molar-refractivity contribution in [2.45, 2.75) is 90.9 Å². The number of nitrogens with zero attached hydrogens (tertiary/aromatic N) is 2. The van der Waals surface area contributed by atoms with Gasteiger partial charge in [0.25, 0.3) is 6.71 Å². The molecule has 5 heteroatoms. The predicted octanol–water partition coefficient (Wildman–Crippen LogP) is 13.3. The molecule has 2 aromatic heterocycles. The Bertz CT molecular complexity index is 4400. The summed E-state index contributed by atoms with van der Waals surface area (Å²) in [6.45, 7) is 16.0. The number of hydrogen-bond acceptors (Lipinski definition) is 3. The number of ether oxygens (including phenoxy) is 1. The maximum Gasteiger partial charge on any atom is 0.268 e. The third-order valence-electron chi connectivity index (χ3n) is 12.7. The van der Waals surface area contributed by atoms with E-state index < -0.39 is 149 Å². The summed E-state index contributed by atoms with van der Waals surface area (Å²) in [5.41, 5.74) is -5.69. The van der Waals surface area contributed by atoms with Gasteiger partial charge < -0.3 is 14.2 Å². The average molecular weight is 832 g/mol. The number of fused-ring (bicyclic) bond motifs is 13. The molecule has 0 amide bonds. The van der Waals surface area contributed by atoms with Gasteiger partial charge >= 0.3 is 0 Å². The quantitative estimate of drug-likeness (QED) is 0.162. The third-order valence-corrected chi connectivity index (χ3v) is 13.9. The van der Waals surface area contributed by atoms with Crippen LogP contribution in [0.5, 0.6) is 11.5 Å². The lowest BCUT2D eigenvalue weighted by Crippen LogP contribution is -2.59. The fraction of sp³-hybridized carbons (Fsp3) is 0.250. The summed E-state index contributed by atoms with van der Waals surface area (Å²) >= 11 is 1.09. The fourth-order valence-electron chi connectivity index (χ4n) is 9.64. The molecule has 8 aromatic rings. The second-order valence-corrected chi connectivity index (χ2v) is 20.4. The van der Waals surface area contributed by atoms with Crippen LogP contribution >= 0.6 is 11.3 Å². The van der Waals surface area contributed by atoms with Crippen LogP contribution in [0.25, 0.3) is 38.3 Å². The molecule has 0 saturated carbocycles. The molecule has 0 N–H and O–H groups in total.